The zero-order valence-electron chi connectivity index (χ0n) is 8.44. The highest BCUT2D eigenvalue weighted by atomic mass is 16.2. The average Bonchev–Trinajstić information content (AvgIpc) is 2.82. The van der Waals surface area contributed by atoms with Gasteiger partial charge in [0.05, 0.1) is 11.0 Å². The maximum absolute atomic E-state index is 11.8. The largest absolute Gasteiger partial charge is 0.345 e. The molecule has 0 radical (unpaired) electrons. The van der Waals surface area contributed by atoms with Crippen LogP contribution in [0.5, 0.6) is 0 Å². The average molecular weight is 203 g/mol. The Bertz CT molecular complexity index is 534. The van der Waals surface area contributed by atoms with Crippen molar-refractivity contribution < 1.29 is 0 Å². The summed E-state index contributed by atoms with van der Waals surface area (Å²) in [5, 5.41) is 2.11. The first-order valence-electron chi connectivity index (χ1n) is 5.31. The number of imidazole rings is 1. The van der Waals surface area contributed by atoms with Crippen LogP contribution in [0.2, 0.25) is 0 Å². The quantitative estimate of drug-likeness (QED) is 0.753. The smallest absolute Gasteiger partial charge is 0.308 e. The van der Waals surface area contributed by atoms with Gasteiger partial charge in [0.15, 0.2) is 0 Å². The molecule has 4 nitrogen and oxygen atoms in total. The number of nitrogens with zero attached hydrogens (tertiary/aromatic N) is 2. The molecule has 0 unspecified atom stereocenters. The van der Waals surface area contributed by atoms with E-state index in [0.29, 0.717) is 0 Å². The first-order chi connectivity index (χ1) is 7.36. The number of aromatic nitrogens is 2. The van der Waals surface area contributed by atoms with Crippen molar-refractivity contribution in [1.29, 1.82) is 0 Å². The lowest BCUT2D eigenvalue weighted by Crippen LogP contribution is -2.38. The van der Waals surface area contributed by atoms with Crippen molar-refractivity contribution in [2.45, 2.75) is 12.8 Å². The van der Waals surface area contributed by atoms with Gasteiger partial charge in [-0.05, 0) is 25.0 Å². The first kappa shape index (κ1) is 8.59. The maximum Gasteiger partial charge on any atom is 0.345 e. The van der Waals surface area contributed by atoms with Gasteiger partial charge in [0.1, 0.15) is 0 Å². The van der Waals surface area contributed by atoms with Gasteiger partial charge in [-0.15, -0.1) is 0 Å². The fraction of sp³-hybridized carbons (Fsp3) is 0.364. The fourth-order valence-corrected chi connectivity index (χ4v) is 2.22. The third-order valence-corrected chi connectivity index (χ3v) is 2.93. The van der Waals surface area contributed by atoms with Crippen LogP contribution in [-0.2, 0) is 0 Å². The van der Waals surface area contributed by atoms with E-state index in [1.54, 1.807) is 4.68 Å². The van der Waals surface area contributed by atoms with Gasteiger partial charge in [-0.1, -0.05) is 12.1 Å². The van der Waals surface area contributed by atoms with Crippen LogP contribution in [0, 0.1) is 0 Å². The summed E-state index contributed by atoms with van der Waals surface area (Å²) in [6, 6.07) is 7.81. The molecule has 4 heteroatoms. The molecule has 0 atom stereocenters. The number of hydrogen-bond acceptors (Lipinski definition) is 2. The van der Waals surface area contributed by atoms with Crippen LogP contribution in [0.3, 0.4) is 0 Å². The summed E-state index contributed by atoms with van der Waals surface area (Å²) in [6.07, 6.45) is 2.35. The predicted octanol–water partition coefficient (Wildman–Crippen LogP) is 1.06. The van der Waals surface area contributed by atoms with Gasteiger partial charge in [0.2, 0.25) is 0 Å². The van der Waals surface area contributed by atoms with E-state index in [-0.39, 0.29) is 5.69 Å². The van der Waals surface area contributed by atoms with Crippen LogP contribution in [0.15, 0.2) is 29.1 Å². The Labute approximate surface area is 87.1 Å². The first-order valence-corrected chi connectivity index (χ1v) is 5.31. The van der Waals surface area contributed by atoms with Crippen molar-refractivity contribution in [2.24, 2.45) is 0 Å². The number of benzene rings is 1. The summed E-state index contributed by atoms with van der Waals surface area (Å²) >= 11 is 0. The molecule has 1 saturated heterocycles. The van der Waals surface area contributed by atoms with Crippen LogP contribution in [0.1, 0.15) is 12.8 Å². The Morgan fingerprint density at radius 3 is 2.67 bits per heavy atom. The number of rotatable bonds is 1. The molecule has 2 aromatic rings. The molecular weight excluding hydrogens is 190 g/mol. The molecule has 1 fully saturated rings. The molecule has 1 aliphatic rings. The van der Waals surface area contributed by atoms with Crippen molar-refractivity contribution in [3.63, 3.8) is 0 Å². The van der Waals surface area contributed by atoms with Crippen LogP contribution in [-0.4, -0.2) is 22.7 Å². The Kier molecular flexibility index (Phi) is 1.80. The van der Waals surface area contributed by atoms with Crippen molar-refractivity contribution >= 4 is 11.0 Å². The molecular formula is C11H13N3O. The second kappa shape index (κ2) is 3.15. The highest BCUT2D eigenvalue weighted by molar-refractivity contribution is 5.75. The standard InChI is InChI=1S/C11H13N3O/c15-11-12-9-5-1-2-6-10(9)14(11)13-7-3-4-8-13/h1-2,5-6H,3-4,7-8H2,(H,12,15). The summed E-state index contributed by atoms with van der Waals surface area (Å²) in [7, 11) is 0. The Morgan fingerprint density at radius 2 is 1.87 bits per heavy atom. The van der Waals surface area contributed by atoms with Crippen molar-refractivity contribution in [1.82, 2.24) is 9.66 Å². The van der Waals surface area contributed by atoms with Crippen LogP contribution in [0.25, 0.3) is 11.0 Å². The predicted molar refractivity (Wildman–Crippen MR) is 59.7 cm³/mol. The number of nitrogens with one attached hydrogen (secondary N) is 1. The fourth-order valence-electron chi connectivity index (χ4n) is 2.22. The van der Waals surface area contributed by atoms with Crippen molar-refractivity contribution in [2.75, 3.05) is 18.1 Å². The normalized spacial score (nSPS) is 16.4. The maximum atomic E-state index is 11.8. The molecule has 1 N–H and O–H groups in total. The third-order valence-electron chi connectivity index (χ3n) is 2.93. The SMILES string of the molecule is O=c1[nH]c2ccccc2n1N1CCCC1. The highest BCUT2D eigenvalue weighted by Crippen LogP contribution is 2.12. The molecule has 0 amide bonds. The minimum absolute atomic E-state index is 0.0295. The Balaban J connectivity index is 2.23. The molecule has 1 aliphatic heterocycles. The van der Waals surface area contributed by atoms with Gasteiger partial charge in [-0.25, -0.2) is 9.47 Å². The van der Waals surface area contributed by atoms with Crippen molar-refractivity contribution in [3.05, 3.63) is 34.7 Å². The Morgan fingerprint density at radius 1 is 1.13 bits per heavy atom. The molecule has 2 heterocycles. The minimum atomic E-state index is -0.0295. The van der Waals surface area contributed by atoms with Crippen LogP contribution < -0.4 is 10.7 Å². The van der Waals surface area contributed by atoms with Crippen LogP contribution >= 0.6 is 0 Å². The van der Waals surface area contributed by atoms with E-state index in [2.05, 4.69) is 9.99 Å². The summed E-state index contributed by atoms with van der Waals surface area (Å²) in [6.45, 7) is 1.95. The lowest BCUT2D eigenvalue weighted by Gasteiger charge is -2.18. The molecule has 1 aromatic heterocycles. The van der Waals surface area contributed by atoms with E-state index in [0.717, 1.165) is 24.1 Å². The molecule has 78 valence electrons. The monoisotopic (exact) mass is 203 g/mol. The molecule has 15 heavy (non-hydrogen) atoms. The minimum Gasteiger partial charge on any atom is -0.308 e. The number of para-hydroxylation sites is 2. The van der Waals surface area contributed by atoms with E-state index in [4.69, 9.17) is 0 Å². The van der Waals surface area contributed by atoms with E-state index < -0.39 is 0 Å². The zero-order valence-corrected chi connectivity index (χ0v) is 8.44. The zero-order chi connectivity index (χ0) is 10.3. The topological polar surface area (TPSA) is 41.0 Å². The Hall–Kier alpha value is -1.71. The highest BCUT2D eigenvalue weighted by Gasteiger charge is 2.16. The molecule has 0 aliphatic carbocycles. The summed E-state index contributed by atoms with van der Waals surface area (Å²) in [4.78, 5) is 14.7. The lowest BCUT2D eigenvalue weighted by atomic mass is 10.3. The molecule has 3 rings (SSSR count). The molecule has 1 aromatic carbocycles. The number of fused-ring (bicyclic) bond motifs is 1. The lowest BCUT2D eigenvalue weighted by molar-refractivity contribution is 0.659. The summed E-state index contributed by atoms with van der Waals surface area (Å²) in [5.41, 5.74) is 1.86. The van der Waals surface area contributed by atoms with Gasteiger partial charge >= 0.3 is 5.69 Å². The van der Waals surface area contributed by atoms with E-state index in [9.17, 15) is 4.79 Å². The second-order valence-corrected chi connectivity index (χ2v) is 3.92. The third kappa shape index (κ3) is 1.25. The van der Waals surface area contributed by atoms with Crippen LogP contribution in [0.4, 0.5) is 0 Å². The van der Waals surface area contributed by atoms with E-state index >= 15 is 0 Å². The van der Waals surface area contributed by atoms with Crippen molar-refractivity contribution in [3.8, 4) is 0 Å². The van der Waals surface area contributed by atoms with E-state index in [1.807, 2.05) is 24.3 Å². The molecule has 0 bridgehead atoms. The van der Waals surface area contributed by atoms with Gasteiger partial charge in [-0.2, -0.15) is 0 Å². The number of hydrogen-bond donors (Lipinski definition) is 1. The van der Waals surface area contributed by atoms with Gasteiger partial charge < -0.3 is 9.99 Å². The van der Waals surface area contributed by atoms with Gasteiger partial charge in [0.25, 0.3) is 0 Å². The van der Waals surface area contributed by atoms with Gasteiger partial charge in [0, 0.05) is 13.1 Å². The molecule has 0 spiro atoms. The number of H-pyrrole nitrogens is 1. The number of aromatic amines is 1. The summed E-state index contributed by atoms with van der Waals surface area (Å²) in [5.74, 6) is 0. The van der Waals surface area contributed by atoms with Gasteiger partial charge in [-0.3, -0.25) is 0 Å². The second-order valence-electron chi connectivity index (χ2n) is 3.92. The summed E-state index contributed by atoms with van der Waals surface area (Å²) < 4.78 is 1.77. The van der Waals surface area contributed by atoms with E-state index in [1.165, 1.54) is 12.8 Å². The molecule has 0 saturated carbocycles.